The SMILES string of the molecule is NS(=O)(=O)c1ccc2onc(Cl)c2c1. The average Bonchev–Trinajstić information content (AvgIpc) is 2.46. The van der Waals surface area contributed by atoms with Gasteiger partial charge in [0.2, 0.25) is 10.0 Å². The number of nitrogens with zero attached hydrogens (tertiary/aromatic N) is 1. The van der Waals surface area contributed by atoms with Crippen LogP contribution >= 0.6 is 11.6 Å². The predicted octanol–water partition coefficient (Wildman–Crippen LogP) is 1.13. The topological polar surface area (TPSA) is 86.2 Å². The second-order valence-electron chi connectivity index (χ2n) is 2.68. The molecule has 1 heterocycles. The zero-order chi connectivity index (χ0) is 10.3. The van der Waals surface area contributed by atoms with Crippen molar-refractivity contribution in [3.63, 3.8) is 0 Å². The number of primary sulfonamides is 1. The molecule has 2 rings (SSSR count). The Morgan fingerprint density at radius 1 is 1.43 bits per heavy atom. The van der Waals surface area contributed by atoms with Crippen molar-refractivity contribution in [2.24, 2.45) is 5.14 Å². The molecule has 5 nitrogen and oxygen atoms in total. The lowest BCUT2D eigenvalue weighted by atomic mass is 10.3. The highest BCUT2D eigenvalue weighted by Gasteiger charge is 2.12. The maximum Gasteiger partial charge on any atom is 0.238 e. The summed E-state index contributed by atoms with van der Waals surface area (Å²) in [6, 6.07) is 4.11. The first-order valence-corrected chi connectivity index (χ1v) is 5.48. The lowest BCUT2D eigenvalue weighted by Gasteiger charge is -1.95. The molecule has 0 unspecified atom stereocenters. The van der Waals surface area contributed by atoms with E-state index in [1.807, 2.05) is 0 Å². The van der Waals surface area contributed by atoms with E-state index in [1.54, 1.807) is 0 Å². The molecule has 0 bridgehead atoms. The van der Waals surface area contributed by atoms with Crippen LogP contribution in [0.4, 0.5) is 0 Å². The van der Waals surface area contributed by atoms with E-state index >= 15 is 0 Å². The van der Waals surface area contributed by atoms with Crippen molar-refractivity contribution in [2.45, 2.75) is 4.90 Å². The van der Waals surface area contributed by atoms with Crippen molar-refractivity contribution in [1.29, 1.82) is 0 Å². The number of hydrogen-bond acceptors (Lipinski definition) is 4. The second kappa shape index (κ2) is 2.94. The maximum atomic E-state index is 11.0. The number of nitrogens with two attached hydrogens (primary N) is 1. The fourth-order valence-electron chi connectivity index (χ4n) is 1.07. The molecule has 2 N–H and O–H groups in total. The Morgan fingerprint density at radius 3 is 2.79 bits per heavy atom. The van der Waals surface area contributed by atoms with Crippen LogP contribution in [0.3, 0.4) is 0 Å². The minimum Gasteiger partial charge on any atom is -0.355 e. The van der Waals surface area contributed by atoms with Crippen molar-refractivity contribution < 1.29 is 12.9 Å². The Balaban J connectivity index is 2.79. The van der Waals surface area contributed by atoms with E-state index in [1.165, 1.54) is 18.2 Å². The molecule has 14 heavy (non-hydrogen) atoms. The quantitative estimate of drug-likeness (QED) is 0.799. The van der Waals surface area contributed by atoms with E-state index in [0.717, 1.165) is 0 Å². The fourth-order valence-corrected chi connectivity index (χ4v) is 1.79. The third-order valence-corrected chi connectivity index (χ3v) is 2.91. The molecule has 0 radical (unpaired) electrons. The zero-order valence-electron chi connectivity index (χ0n) is 6.77. The summed E-state index contributed by atoms with van der Waals surface area (Å²) in [6.07, 6.45) is 0. The predicted molar refractivity (Wildman–Crippen MR) is 50.4 cm³/mol. The fraction of sp³-hybridized carbons (Fsp3) is 0. The minimum atomic E-state index is -3.72. The van der Waals surface area contributed by atoms with Gasteiger partial charge in [0.1, 0.15) is 0 Å². The van der Waals surface area contributed by atoms with Gasteiger partial charge in [-0.2, -0.15) is 0 Å². The summed E-state index contributed by atoms with van der Waals surface area (Å²) in [7, 11) is -3.72. The van der Waals surface area contributed by atoms with Crippen molar-refractivity contribution >= 4 is 32.6 Å². The van der Waals surface area contributed by atoms with Gasteiger partial charge in [0.15, 0.2) is 10.7 Å². The van der Waals surface area contributed by atoms with E-state index in [9.17, 15) is 8.42 Å². The molecule has 1 aromatic heterocycles. The number of fused-ring (bicyclic) bond motifs is 1. The van der Waals surface area contributed by atoms with E-state index in [2.05, 4.69) is 5.16 Å². The Bertz CT molecular complexity index is 590. The second-order valence-corrected chi connectivity index (χ2v) is 4.60. The number of halogens is 1. The highest BCUT2D eigenvalue weighted by atomic mass is 35.5. The molecule has 0 aliphatic rings. The third kappa shape index (κ3) is 1.47. The van der Waals surface area contributed by atoms with Crippen LogP contribution in [0.1, 0.15) is 0 Å². The van der Waals surface area contributed by atoms with Gasteiger partial charge in [-0.15, -0.1) is 0 Å². The van der Waals surface area contributed by atoms with E-state index in [0.29, 0.717) is 11.0 Å². The molecule has 0 saturated heterocycles. The molecular weight excluding hydrogens is 228 g/mol. The number of hydrogen-bond donors (Lipinski definition) is 1. The van der Waals surface area contributed by atoms with Gasteiger partial charge in [-0.3, -0.25) is 0 Å². The van der Waals surface area contributed by atoms with E-state index in [4.69, 9.17) is 21.3 Å². The molecule has 0 atom stereocenters. The largest absolute Gasteiger partial charge is 0.355 e. The molecule has 7 heteroatoms. The molecule has 0 aliphatic heterocycles. The van der Waals surface area contributed by atoms with E-state index < -0.39 is 10.0 Å². The number of sulfonamides is 1. The van der Waals surface area contributed by atoms with Crippen LogP contribution in [0, 0.1) is 0 Å². The highest BCUT2D eigenvalue weighted by Crippen LogP contribution is 2.24. The molecule has 74 valence electrons. The van der Waals surface area contributed by atoms with Gasteiger partial charge >= 0.3 is 0 Å². The maximum absolute atomic E-state index is 11.0. The normalized spacial score (nSPS) is 12.1. The van der Waals surface area contributed by atoms with Crippen LogP contribution in [0.2, 0.25) is 5.15 Å². The minimum absolute atomic E-state index is 0.0184. The van der Waals surface area contributed by atoms with E-state index in [-0.39, 0.29) is 10.0 Å². The van der Waals surface area contributed by atoms with Crippen molar-refractivity contribution in [3.05, 3.63) is 23.4 Å². The van der Waals surface area contributed by atoms with Crippen LogP contribution in [-0.2, 0) is 10.0 Å². The van der Waals surface area contributed by atoms with Crippen LogP contribution in [-0.4, -0.2) is 13.6 Å². The Hall–Kier alpha value is -1.11. The molecule has 0 fully saturated rings. The molecule has 0 amide bonds. The molecule has 0 aliphatic carbocycles. The van der Waals surface area contributed by atoms with Crippen molar-refractivity contribution in [2.75, 3.05) is 0 Å². The van der Waals surface area contributed by atoms with Gasteiger partial charge in [-0.05, 0) is 18.2 Å². The number of benzene rings is 1. The Labute approximate surface area is 84.5 Å². The first-order chi connectivity index (χ1) is 6.48. The van der Waals surface area contributed by atoms with Gasteiger partial charge in [-0.25, -0.2) is 13.6 Å². The number of aromatic nitrogens is 1. The molecule has 0 saturated carbocycles. The average molecular weight is 233 g/mol. The molecular formula is C7H5ClN2O3S. The summed E-state index contributed by atoms with van der Waals surface area (Å²) in [6.45, 7) is 0. The summed E-state index contributed by atoms with van der Waals surface area (Å²) in [4.78, 5) is -0.0184. The summed E-state index contributed by atoms with van der Waals surface area (Å²) in [5, 5.41) is 8.96. The highest BCUT2D eigenvalue weighted by molar-refractivity contribution is 7.89. The van der Waals surface area contributed by atoms with Crippen LogP contribution in [0.5, 0.6) is 0 Å². The Morgan fingerprint density at radius 2 is 2.14 bits per heavy atom. The first kappa shape index (κ1) is 9.45. The summed E-state index contributed by atoms with van der Waals surface area (Å²) in [5.74, 6) is 0. The lowest BCUT2D eigenvalue weighted by molar-refractivity contribution is 0.457. The molecule has 2 aromatic rings. The van der Waals surface area contributed by atoms with Gasteiger partial charge in [0, 0.05) is 0 Å². The molecule has 1 aromatic carbocycles. The third-order valence-electron chi connectivity index (χ3n) is 1.73. The lowest BCUT2D eigenvalue weighted by Crippen LogP contribution is -2.11. The molecule has 0 spiro atoms. The van der Waals surface area contributed by atoms with Crippen LogP contribution in [0.25, 0.3) is 11.0 Å². The van der Waals surface area contributed by atoms with Gasteiger partial charge < -0.3 is 4.52 Å². The summed E-state index contributed by atoms with van der Waals surface area (Å²) in [5.41, 5.74) is 0.419. The van der Waals surface area contributed by atoms with Crippen molar-refractivity contribution in [1.82, 2.24) is 5.16 Å². The Kier molecular flexibility index (Phi) is 1.99. The smallest absolute Gasteiger partial charge is 0.238 e. The summed E-state index contributed by atoms with van der Waals surface area (Å²) < 4.78 is 26.8. The standard InChI is InChI=1S/C7H5ClN2O3S/c8-7-5-3-4(14(9,11)12)1-2-6(5)13-10-7/h1-3H,(H2,9,11,12). The van der Waals surface area contributed by atoms with Crippen LogP contribution < -0.4 is 5.14 Å². The van der Waals surface area contributed by atoms with Crippen LogP contribution in [0.15, 0.2) is 27.6 Å². The first-order valence-electron chi connectivity index (χ1n) is 3.56. The van der Waals surface area contributed by atoms with Gasteiger partial charge in [-0.1, -0.05) is 16.8 Å². The zero-order valence-corrected chi connectivity index (χ0v) is 8.34. The van der Waals surface area contributed by atoms with Gasteiger partial charge in [0.05, 0.1) is 10.3 Å². The summed E-state index contributed by atoms with van der Waals surface area (Å²) >= 11 is 5.65. The number of rotatable bonds is 1. The monoisotopic (exact) mass is 232 g/mol. The van der Waals surface area contributed by atoms with Crippen molar-refractivity contribution in [3.8, 4) is 0 Å². The van der Waals surface area contributed by atoms with Gasteiger partial charge in [0.25, 0.3) is 0 Å².